The van der Waals surface area contributed by atoms with E-state index >= 15 is 0 Å². The Labute approximate surface area is 204 Å². The van der Waals surface area contributed by atoms with E-state index in [4.69, 9.17) is 14.2 Å². The molecule has 0 radical (unpaired) electrons. The molecule has 0 fully saturated rings. The van der Waals surface area contributed by atoms with E-state index in [-0.39, 0.29) is 35.4 Å². The predicted octanol–water partition coefficient (Wildman–Crippen LogP) is 5.18. The number of ether oxygens (including phenoxy) is 3. The van der Waals surface area contributed by atoms with E-state index in [1.165, 1.54) is 0 Å². The molecular formula is C28H40O6. The van der Waals surface area contributed by atoms with Crippen molar-refractivity contribution in [2.45, 2.75) is 73.2 Å². The number of carbonyl (C=O) groups is 3. The van der Waals surface area contributed by atoms with Crippen molar-refractivity contribution in [3.05, 3.63) is 42.0 Å². The second-order valence-electron chi connectivity index (χ2n) is 9.65. The van der Waals surface area contributed by atoms with Crippen LogP contribution in [0, 0.1) is 29.6 Å². The van der Waals surface area contributed by atoms with Gasteiger partial charge in [0.15, 0.2) is 11.6 Å². The third-order valence-electron chi connectivity index (χ3n) is 6.92. The smallest absolute Gasteiger partial charge is 0.316 e. The number of allylic oxidation sites excluding steroid dienone is 1. The van der Waals surface area contributed by atoms with Crippen molar-refractivity contribution >= 4 is 17.5 Å². The molecule has 1 heterocycles. The summed E-state index contributed by atoms with van der Waals surface area (Å²) in [6.07, 6.45) is 3.76. The highest BCUT2D eigenvalue weighted by Gasteiger charge is 2.37. The minimum absolute atomic E-state index is 0.0261. The van der Waals surface area contributed by atoms with Crippen LogP contribution in [0.2, 0.25) is 0 Å². The van der Waals surface area contributed by atoms with Crippen molar-refractivity contribution in [2.75, 3.05) is 7.11 Å². The van der Waals surface area contributed by atoms with Crippen LogP contribution in [0.15, 0.2) is 36.4 Å². The first-order valence-corrected chi connectivity index (χ1v) is 12.3. The number of benzene rings is 1. The second kappa shape index (κ2) is 12.8. The number of Topliss-reactive ketones (excluding diaryl/α,β-unsaturated/α-hetero) is 1. The molecular weight excluding hydrogens is 432 g/mol. The molecule has 0 spiro atoms. The summed E-state index contributed by atoms with van der Waals surface area (Å²) in [5.74, 6) is -1.77. The van der Waals surface area contributed by atoms with Crippen LogP contribution in [0.25, 0.3) is 0 Å². The minimum Gasteiger partial charge on any atom is -0.497 e. The van der Waals surface area contributed by atoms with E-state index in [9.17, 15) is 14.4 Å². The lowest BCUT2D eigenvalue weighted by atomic mass is 9.81. The maximum Gasteiger partial charge on any atom is 0.316 e. The lowest BCUT2D eigenvalue weighted by Crippen LogP contribution is -2.40. The molecule has 2 rings (SSSR count). The first kappa shape index (κ1) is 27.8. The van der Waals surface area contributed by atoms with Crippen LogP contribution in [0.4, 0.5) is 0 Å². The van der Waals surface area contributed by atoms with Crippen molar-refractivity contribution in [3.63, 3.8) is 0 Å². The molecule has 6 heteroatoms. The fraction of sp³-hybridized carbons (Fsp3) is 0.607. The van der Waals surface area contributed by atoms with Gasteiger partial charge in [-0.1, -0.05) is 52.8 Å². The monoisotopic (exact) mass is 472 g/mol. The van der Waals surface area contributed by atoms with Gasteiger partial charge in [0, 0.05) is 17.8 Å². The molecule has 1 aromatic carbocycles. The Morgan fingerprint density at radius 3 is 2.24 bits per heavy atom. The number of esters is 1. The summed E-state index contributed by atoms with van der Waals surface area (Å²) < 4.78 is 17.2. The van der Waals surface area contributed by atoms with Gasteiger partial charge in [0.25, 0.3) is 0 Å². The van der Waals surface area contributed by atoms with E-state index in [0.717, 1.165) is 11.3 Å². The number of carbonyl (C=O) groups excluding carboxylic acids is 3. The van der Waals surface area contributed by atoms with Gasteiger partial charge in [0.05, 0.1) is 19.8 Å². The Kier molecular flexibility index (Phi) is 10.5. The third kappa shape index (κ3) is 7.26. The molecule has 0 amide bonds. The van der Waals surface area contributed by atoms with Gasteiger partial charge in [-0.15, -0.1) is 0 Å². The van der Waals surface area contributed by atoms with Crippen molar-refractivity contribution in [2.24, 2.45) is 29.6 Å². The van der Waals surface area contributed by atoms with E-state index in [1.54, 1.807) is 27.0 Å². The first-order valence-electron chi connectivity index (χ1n) is 12.3. The van der Waals surface area contributed by atoms with Crippen molar-refractivity contribution in [3.8, 4) is 5.75 Å². The Hall–Kier alpha value is -2.47. The van der Waals surface area contributed by atoms with Crippen molar-refractivity contribution in [1.29, 1.82) is 0 Å². The zero-order chi connectivity index (χ0) is 25.4. The van der Waals surface area contributed by atoms with E-state index in [0.29, 0.717) is 19.4 Å². The Morgan fingerprint density at radius 1 is 1.00 bits per heavy atom. The van der Waals surface area contributed by atoms with Gasteiger partial charge in [0.2, 0.25) is 0 Å². The lowest BCUT2D eigenvalue weighted by Gasteiger charge is -2.32. The Morgan fingerprint density at radius 2 is 1.65 bits per heavy atom. The van der Waals surface area contributed by atoms with Gasteiger partial charge < -0.3 is 14.2 Å². The number of rotatable bonds is 5. The highest BCUT2D eigenvalue weighted by Crippen LogP contribution is 2.29. The van der Waals surface area contributed by atoms with Crippen LogP contribution in [0.3, 0.4) is 0 Å². The molecule has 0 saturated heterocycles. The summed E-state index contributed by atoms with van der Waals surface area (Å²) in [7, 11) is 1.61. The minimum atomic E-state index is -0.887. The summed E-state index contributed by atoms with van der Waals surface area (Å²) in [6.45, 7) is 11.5. The van der Waals surface area contributed by atoms with E-state index in [1.807, 2.05) is 58.0 Å². The summed E-state index contributed by atoms with van der Waals surface area (Å²) in [4.78, 5) is 38.9. The highest BCUT2D eigenvalue weighted by atomic mass is 16.5. The molecule has 34 heavy (non-hydrogen) atoms. The zero-order valence-electron chi connectivity index (χ0n) is 21.6. The number of hydrogen-bond acceptors (Lipinski definition) is 6. The average molecular weight is 473 g/mol. The molecule has 0 bridgehead atoms. The standard InChI is InChI=1S/C28H40O6/c1-8-25-17(2)9-14-24(29)18(3)15-19(4)27(20(5)26(30)21(6)28(31)34-25)33-16-22-10-12-23(32-7)13-11-22/h9-14,17-21,25,27H,8,15-16H2,1-7H3/b14-9+/t17-,18-,19+,20+,21-,25?,27+/m1/s1. The number of methoxy groups -OCH3 is 1. The topological polar surface area (TPSA) is 78.9 Å². The maximum atomic E-state index is 13.3. The second-order valence-corrected chi connectivity index (χ2v) is 9.65. The molecule has 0 aromatic heterocycles. The maximum absolute atomic E-state index is 13.3. The molecule has 6 nitrogen and oxygen atoms in total. The fourth-order valence-corrected chi connectivity index (χ4v) is 4.54. The SMILES string of the molecule is CCC1OC(=O)[C@H](C)C(=O)[C@H](C)[C@@H](OCc2ccc(OC)cc2)[C@@H](C)C[C@@H](C)C(=O)/C=C/[C@H]1C. The molecule has 1 unspecified atom stereocenters. The Bertz CT molecular complexity index is 858. The number of hydrogen-bond donors (Lipinski definition) is 0. The van der Waals surface area contributed by atoms with Gasteiger partial charge >= 0.3 is 5.97 Å². The van der Waals surface area contributed by atoms with Crippen molar-refractivity contribution < 1.29 is 28.6 Å². The van der Waals surface area contributed by atoms with Crippen LogP contribution in [0.1, 0.15) is 59.9 Å². The van der Waals surface area contributed by atoms with Gasteiger partial charge in [-0.3, -0.25) is 14.4 Å². The fourth-order valence-electron chi connectivity index (χ4n) is 4.54. The van der Waals surface area contributed by atoms with Crippen LogP contribution in [-0.4, -0.2) is 36.9 Å². The first-order chi connectivity index (χ1) is 16.1. The van der Waals surface area contributed by atoms with E-state index < -0.39 is 23.9 Å². The largest absolute Gasteiger partial charge is 0.497 e. The van der Waals surface area contributed by atoms with E-state index in [2.05, 4.69) is 0 Å². The molecule has 0 N–H and O–H groups in total. The zero-order valence-corrected chi connectivity index (χ0v) is 21.6. The van der Waals surface area contributed by atoms with Crippen LogP contribution in [-0.2, 0) is 30.5 Å². The molecule has 0 saturated carbocycles. The highest BCUT2D eigenvalue weighted by molar-refractivity contribution is 6.00. The molecule has 0 aliphatic carbocycles. The Balaban J connectivity index is 2.31. The average Bonchev–Trinajstić information content (AvgIpc) is 2.84. The predicted molar refractivity (Wildman–Crippen MR) is 131 cm³/mol. The molecule has 1 aliphatic heterocycles. The molecule has 188 valence electrons. The summed E-state index contributed by atoms with van der Waals surface area (Å²) in [5.41, 5.74) is 0.950. The van der Waals surface area contributed by atoms with Gasteiger partial charge in [-0.05, 0) is 49.5 Å². The molecule has 1 aromatic rings. The summed E-state index contributed by atoms with van der Waals surface area (Å²) in [6, 6.07) is 7.56. The van der Waals surface area contributed by atoms with Gasteiger partial charge in [-0.25, -0.2) is 0 Å². The van der Waals surface area contributed by atoms with Crippen LogP contribution in [0.5, 0.6) is 5.75 Å². The normalized spacial score (nSPS) is 32.6. The molecule has 7 atom stereocenters. The molecule has 1 aliphatic rings. The third-order valence-corrected chi connectivity index (χ3v) is 6.92. The quantitative estimate of drug-likeness (QED) is 0.434. The van der Waals surface area contributed by atoms with Crippen LogP contribution >= 0.6 is 0 Å². The van der Waals surface area contributed by atoms with Crippen molar-refractivity contribution in [1.82, 2.24) is 0 Å². The lowest BCUT2D eigenvalue weighted by molar-refractivity contribution is -0.160. The summed E-state index contributed by atoms with van der Waals surface area (Å²) in [5, 5.41) is 0. The van der Waals surface area contributed by atoms with Gasteiger partial charge in [-0.2, -0.15) is 0 Å². The number of cyclic esters (lactones) is 1. The van der Waals surface area contributed by atoms with Crippen LogP contribution < -0.4 is 4.74 Å². The summed E-state index contributed by atoms with van der Waals surface area (Å²) >= 11 is 0. The van der Waals surface area contributed by atoms with Gasteiger partial charge in [0.1, 0.15) is 17.8 Å². The number of ketones is 2.